The van der Waals surface area contributed by atoms with E-state index >= 15 is 0 Å². The lowest BCUT2D eigenvalue weighted by molar-refractivity contribution is 0.466. The van der Waals surface area contributed by atoms with Crippen LogP contribution in [-0.4, -0.2) is 25.2 Å². The summed E-state index contributed by atoms with van der Waals surface area (Å²) in [6.07, 6.45) is 6.72. The van der Waals surface area contributed by atoms with Gasteiger partial charge in [-0.25, -0.2) is 4.98 Å². The summed E-state index contributed by atoms with van der Waals surface area (Å²) >= 11 is 5.97. The van der Waals surface area contributed by atoms with Crippen LogP contribution in [0.5, 0.6) is 0 Å². The van der Waals surface area contributed by atoms with Crippen molar-refractivity contribution in [1.29, 1.82) is 0 Å². The average Bonchev–Trinajstić information content (AvgIpc) is 2.97. The molecule has 0 aliphatic rings. The molecule has 0 fully saturated rings. The second kappa shape index (κ2) is 7.30. The molecule has 0 bridgehead atoms. The highest BCUT2D eigenvalue weighted by molar-refractivity contribution is 6.17. The van der Waals surface area contributed by atoms with Crippen molar-refractivity contribution >= 4 is 22.8 Å². The van der Waals surface area contributed by atoms with Crippen molar-refractivity contribution in [3.63, 3.8) is 0 Å². The molecule has 0 spiro atoms. The third-order valence-electron chi connectivity index (χ3n) is 4.13. The molecule has 0 saturated heterocycles. The van der Waals surface area contributed by atoms with Crippen LogP contribution in [0.4, 0.5) is 0 Å². The number of unbranched alkanes of at least 4 members (excludes halogenated alkanes) is 2. The summed E-state index contributed by atoms with van der Waals surface area (Å²) in [5, 5.41) is 4.61. The number of aromatic nitrogens is 4. The predicted octanol–water partition coefficient (Wildman–Crippen LogP) is 4.25. The van der Waals surface area contributed by atoms with E-state index in [-0.39, 0.29) is 0 Å². The van der Waals surface area contributed by atoms with Gasteiger partial charge in [0.1, 0.15) is 11.3 Å². The van der Waals surface area contributed by atoms with E-state index in [1.807, 2.05) is 11.7 Å². The lowest BCUT2D eigenvalue weighted by atomic mass is 10.1. The third kappa shape index (κ3) is 3.25. The zero-order valence-electron chi connectivity index (χ0n) is 13.7. The van der Waals surface area contributed by atoms with Crippen LogP contribution in [-0.2, 0) is 19.9 Å². The summed E-state index contributed by atoms with van der Waals surface area (Å²) in [4.78, 5) is 4.84. The maximum absolute atomic E-state index is 5.97. The minimum absolute atomic E-state index is 0.444. The molecule has 2 rings (SSSR count). The van der Waals surface area contributed by atoms with Crippen LogP contribution in [0.1, 0.15) is 64.0 Å². The highest BCUT2D eigenvalue weighted by Crippen LogP contribution is 2.27. The molecule has 118 valence electrons. The second-order valence-electron chi connectivity index (χ2n) is 5.78. The number of aryl methyl sites for hydroxylation is 3. The van der Waals surface area contributed by atoms with Crippen molar-refractivity contribution in [3.8, 4) is 0 Å². The van der Waals surface area contributed by atoms with Crippen LogP contribution in [0, 0.1) is 0 Å². The van der Waals surface area contributed by atoms with Crippen molar-refractivity contribution in [2.45, 2.75) is 65.3 Å². The Labute approximate surface area is 132 Å². The monoisotopic (exact) mass is 310 g/mol. The molecule has 5 heteroatoms. The van der Waals surface area contributed by atoms with E-state index in [0.29, 0.717) is 11.9 Å². The molecule has 0 radical (unpaired) electrons. The van der Waals surface area contributed by atoms with Gasteiger partial charge in [-0.3, -0.25) is 4.68 Å². The SMILES string of the molecule is CCCCCC(C)n1c(CCCl)nc2c(CC)nn(C)c21. The molecule has 0 aromatic carbocycles. The lowest BCUT2D eigenvalue weighted by Gasteiger charge is -2.17. The third-order valence-corrected chi connectivity index (χ3v) is 4.32. The van der Waals surface area contributed by atoms with E-state index in [1.165, 1.54) is 25.7 Å². The molecule has 1 atom stereocenters. The van der Waals surface area contributed by atoms with E-state index in [2.05, 4.69) is 30.4 Å². The molecule has 0 N–H and O–H groups in total. The van der Waals surface area contributed by atoms with Gasteiger partial charge in [0.2, 0.25) is 0 Å². The van der Waals surface area contributed by atoms with Gasteiger partial charge in [-0.2, -0.15) is 5.10 Å². The molecule has 0 saturated carbocycles. The number of imidazole rings is 1. The molecule has 0 amide bonds. The fourth-order valence-electron chi connectivity index (χ4n) is 3.03. The minimum Gasteiger partial charge on any atom is -0.310 e. The average molecular weight is 311 g/mol. The summed E-state index contributed by atoms with van der Waals surface area (Å²) in [7, 11) is 2.02. The molecule has 2 aromatic rings. The normalized spacial score (nSPS) is 13.2. The van der Waals surface area contributed by atoms with Crippen molar-refractivity contribution < 1.29 is 0 Å². The van der Waals surface area contributed by atoms with Crippen molar-refractivity contribution in [2.75, 3.05) is 5.88 Å². The van der Waals surface area contributed by atoms with Crippen LogP contribution in [0.2, 0.25) is 0 Å². The first-order valence-electron chi connectivity index (χ1n) is 8.12. The number of alkyl halides is 1. The Kier molecular flexibility index (Phi) is 5.68. The van der Waals surface area contributed by atoms with E-state index in [4.69, 9.17) is 16.6 Å². The number of halogens is 1. The number of rotatable bonds is 8. The van der Waals surface area contributed by atoms with Gasteiger partial charge in [-0.05, 0) is 19.8 Å². The molecule has 2 aromatic heterocycles. The number of nitrogens with zero attached hydrogens (tertiary/aromatic N) is 4. The summed E-state index contributed by atoms with van der Waals surface area (Å²) in [5.41, 5.74) is 3.29. The van der Waals surface area contributed by atoms with Crippen LogP contribution in [0.3, 0.4) is 0 Å². The summed E-state index contributed by atoms with van der Waals surface area (Å²) in [6, 6.07) is 0.444. The first kappa shape index (κ1) is 16.3. The van der Waals surface area contributed by atoms with Crippen molar-refractivity contribution in [3.05, 3.63) is 11.5 Å². The smallest absolute Gasteiger partial charge is 0.158 e. The first-order chi connectivity index (χ1) is 10.1. The Morgan fingerprint density at radius 2 is 2.00 bits per heavy atom. The zero-order chi connectivity index (χ0) is 15.4. The Bertz CT molecular complexity index is 585. The molecule has 21 heavy (non-hydrogen) atoms. The fraction of sp³-hybridized carbons (Fsp3) is 0.750. The van der Waals surface area contributed by atoms with E-state index < -0.39 is 0 Å². The minimum atomic E-state index is 0.444. The lowest BCUT2D eigenvalue weighted by Crippen LogP contribution is -2.12. The largest absolute Gasteiger partial charge is 0.310 e. The summed E-state index contributed by atoms with van der Waals surface area (Å²) in [5.74, 6) is 1.71. The van der Waals surface area contributed by atoms with Crippen LogP contribution >= 0.6 is 11.6 Å². The van der Waals surface area contributed by atoms with Crippen LogP contribution in [0.25, 0.3) is 11.2 Å². The van der Waals surface area contributed by atoms with Gasteiger partial charge in [0.05, 0.1) is 5.69 Å². The number of fused-ring (bicyclic) bond motifs is 1. The highest BCUT2D eigenvalue weighted by atomic mass is 35.5. The quantitative estimate of drug-likeness (QED) is 0.539. The molecule has 0 aliphatic carbocycles. The Hall–Kier alpha value is -1.03. The second-order valence-corrected chi connectivity index (χ2v) is 6.16. The van der Waals surface area contributed by atoms with Crippen molar-refractivity contribution in [2.24, 2.45) is 7.05 Å². The standard InChI is InChI=1S/C16H27ClN4/c1-5-7-8-9-12(3)21-14(10-11-17)18-15-13(6-2)19-20(4)16(15)21/h12H,5-11H2,1-4H3. The molecular weight excluding hydrogens is 284 g/mol. The van der Waals surface area contributed by atoms with E-state index in [1.54, 1.807) is 0 Å². The van der Waals surface area contributed by atoms with Gasteiger partial charge in [0.25, 0.3) is 0 Å². The fourth-order valence-corrected chi connectivity index (χ4v) is 3.20. The molecule has 4 nitrogen and oxygen atoms in total. The van der Waals surface area contributed by atoms with Crippen molar-refractivity contribution in [1.82, 2.24) is 19.3 Å². The van der Waals surface area contributed by atoms with Gasteiger partial charge in [-0.15, -0.1) is 11.6 Å². The van der Waals surface area contributed by atoms with Crippen LogP contribution < -0.4 is 0 Å². The molecule has 1 unspecified atom stereocenters. The molecule has 2 heterocycles. The Morgan fingerprint density at radius 3 is 2.62 bits per heavy atom. The van der Waals surface area contributed by atoms with Gasteiger partial charge in [-0.1, -0.05) is 33.1 Å². The van der Waals surface area contributed by atoms with Gasteiger partial charge in [0, 0.05) is 25.4 Å². The topological polar surface area (TPSA) is 35.6 Å². The number of hydrogen-bond acceptors (Lipinski definition) is 2. The maximum atomic E-state index is 5.97. The molecular formula is C16H27ClN4. The summed E-state index contributed by atoms with van der Waals surface area (Å²) in [6.45, 7) is 6.66. The Morgan fingerprint density at radius 1 is 1.24 bits per heavy atom. The van der Waals surface area contributed by atoms with Gasteiger partial charge >= 0.3 is 0 Å². The predicted molar refractivity (Wildman–Crippen MR) is 89.2 cm³/mol. The number of hydrogen-bond donors (Lipinski definition) is 0. The van der Waals surface area contributed by atoms with E-state index in [9.17, 15) is 0 Å². The first-order valence-corrected chi connectivity index (χ1v) is 8.66. The van der Waals surface area contributed by atoms with Gasteiger partial charge < -0.3 is 4.57 Å². The summed E-state index contributed by atoms with van der Waals surface area (Å²) < 4.78 is 4.34. The maximum Gasteiger partial charge on any atom is 0.158 e. The Balaban J connectivity index is 2.42. The zero-order valence-corrected chi connectivity index (χ0v) is 14.4. The molecule has 0 aliphatic heterocycles. The van der Waals surface area contributed by atoms with Gasteiger partial charge in [0.15, 0.2) is 5.65 Å². The highest BCUT2D eigenvalue weighted by Gasteiger charge is 2.21. The van der Waals surface area contributed by atoms with E-state index in [0.717, 1.165) is 35.5 Å². The van der Waals surface area contributed by atoms with Crippen LogP contribution in [0.15, 0.2) is 0 Å².